The maximum Gasteiger partial charge on any atom is 0.336 e. The molecule has 92 valence electrons. The van der Waals surface area contributed by atoms with Gasteiger partial charge in [-0.2, -0.15) is 0 Å². The Morgan fingerprint density at radius 3 is 2.67 bits per heavy atom. The first-order chi connectivity index (χ1) is 8.56. The third kappa shape index (κ3) is 3.11. The molecular weight excluding hydrogens is 319 g/mol. The van der Waals surface area contributed by atoms with Crippen molar-refractivity contribution in [1.82, 2.24) is 0 Å². The normalized spacial score (nSPS) is 10.3. The Labute approximate surface area is 116 Å². The van der Waals surface area contributed by atoms with Crippen molar-refractivity contribution in [2.45, 2.75) is 9.79 Å². The Kier molecular flexibility index (Phi) is 4.04. The number of halogens is 2. The molecule has 0 unspecified atom stereocenters. The predicted molar refractivity (Wildman–Crippen MR) is 71.6 cm³/mol. The Morgan fingerprint density at radius 1 is 1.22 bits per heavy atom. The number of benzene rings is 2. The maximum absolute atomic E-state index is 13.1. The summed E-state index contributed by atoms with van der Waals surface area (Å²) in [6.07, 6.45) is 0. The fourth-order valence-corrected chi connectivity index (χ4v) is 2.95. The average Bonchev–Trinajstić information content (AvgIpc) is 2.28. The minimum absolute atomic E-state index is 0.201. The lowest BCUT2D eigenvalue weighted by Crippen LogP contribution is -1.98. The first kappa shape index (κ1) is 13.1. The van der Waals surface area contributed by atoms with E-state index in [-0.39, 0.29) is 11.4 Å². The van der Waals surface area contributed by atoms with Gasteiger partial charge in [0.2, 0.25) is 0 Å². The zero-order valence-electron chi connectivity index (χ0n) is 9.06. The summed E-state index contributed by atoms with van der Waals surface area (Å²) in [5, 5.41) is 9.09. The zero-order chi connectivity index (χ0) is 13.1. The number of rotatable bonds is 3. The van der Waals surface area contributed by atoms with E-state index in [0.29, 0.717) is 9.79 Å². The fourth-order valence-electron chi connectivity index (χ4n) is 1.41. The van der Waals surface area contributed by atoms with Crippen molar-refractivity contribution in [3.05, 3.63) is 58.3 Å². The van der Waals surface area contributed by atoms with Gasteiger partial charge in [0.05, 0.1) is 5.56 Å². The standard InChI is InChI=1S/C13H8BrFO2S/c14-8-4-5-11(13(16)17)12(6-8)18-10-3-1-2-9(15)7-10/h1-7H,(H,16,17). The summed E-state index contributed by atoms with van der Waals surface area (Å²) in [7, 11) is 0. The second-order valence-electron chi connectivity index (χ2n) is 3.51. The van der Waals surface area contributed by atoms with Crippen LogP contribution in [0, 0.1) is 5.82 Å². The van der Waals surface area contributed by atoms with Crippen LogP contribution >= 0.6 is 27.7 Å². The molecule has 0 aliphatic carbocycles. The molecule has 0 saturated heterocycles. The van der Waals surface area contributed by atoms with Crippen LogP contribution in [0.15, 0.2) is 56.7 Å². The monoisotopic (exact) mass is 326 g/mol. The third-order valence-electron chi connectivity index (χ3n) is 2.20. The highest BCUT2D eigenvalue weighted by atomic mass is 79.9. The largest absolute Gasteiger partial charge is 0.478 e. The van der Waals surface area contributed by atoms with Gasteiger partial charge < -0.3 is 5.11 Å². The molecule has 0 heterocycles. The van der Waals surface area contributed by atoms with E-state index in [0.717, 1.165) is 4.47 Å². The first-order valence-electron chi connectivity index (χ1n) is 5.02. The van der Waals surface area contributed by atoms with Gasteiger partial charge in [0, 0.05) is 14.3 Å². The molecule has 2 rings (SSSR count). The molecule has 5 heteroatoms. The van der Waals surface area contributed by atoms with Gasteiger partial charge in [-0.15, -0.1) is 0 Å². The molecule has 2 nitrogen and oxygen atoms in total. The molecule has 0 saturated carbocycles. The van der Waals surface area contributed by atoms with Crippen LogP contribution in [0.2, 0.25) is 0 Å². The molecule has 18 heavy (non-hydrogen) atoms. The highest BCUT2D eigenvalue weighted by Gasteiger charge is 2.11. The lowest BCUT2D eigenvalue weighted by Gasteiger charge is -2.06. The number of hydrogen-bond acceptors (Lipinski definition) is 2. The second-order valence-corrected chi connectivity index (χ2v) is 5.54. The van der Waals surface area contributed by atoms with Gasteiger partial charge in [0.25, 0.3) is 0 Å². The summed E-state index contributed by atoms with van der Waals surface area (Å²) in [5.41, 5.74) is 0.201. The Balaban J connectivity index is 2.39. The second kappa shape index (κ2) is 5.54. The Bertz CT molecular complexity index is 601. The van der Waals surface area contributed by atoms with E-state index >= 15 is 0 Å². The van der Waals surface area contributed by atoms with E-state index in [9.17, 15) is 9.18 Å². The maximum atomic E-state index is 13.1. The summed E-state index contributed by atoms with van der Waals surface area (Å²) >= 11 is 4.51. The van der Waals surface area contributed by atoms with Gasteiger partial charge in [-0.1, -0.05) is 33.8 Å². The highest BCUT2D eigenvalue weighted by Crippen LogP contribution is 2.32. The van der Waals surface area contributed by atoms with Crippen molar-refractivity contribution >= 4 is 33.7 Å². The summed E-state index contributed by atoms with van der Waals surface area (Å²) in [4.78, 5) is 12.3. The topological polar surface area (TPSA) is 37.3 Å². The molecule has 0 aliphatic heterocycles. The minimum Gasteiger partial charge on any atom is -0.478 e. The molecule has 1 N–H and O–H groups in total. The fraction of sp³-hybridized carbons (Fsp3) is 0. The summed E-state index contributed by atoms with van der Waals surface area (Å²) in [5.74, 6) is -1.34. The molecule has 0 aromatic heterocycles. The molecule has 0 bridgehead atoms. The molecule has 0 fully saturated rings. The summed E-state index contributed by atoms with van der Waals surface area (Å²) < 4.78 is 13.9. The van der Waals surface area contributed by atoms with Crippen LogP contribution in [0.3, 0.4) is 0 Å². The molecule has 0 radical (unpaired) electrons. The lowest BCUT2D eigenvalue weighted by molar-refractivity contribution is 0.0693. The minimum atomic E-state index is -0.999. The number of carbonyl (C=O) groups is 1. The van der Waals surface area contributed by atoms with Gasteiger partial charge in [-0.05, 0) is 36.4 Å². The van der Waals surface area contributed by atoms with Crippen LogP contribution in [0.4, 0.5) is 4.39 Å². The first-order valence-corrected chi connectivity index (χ1v) is 6.63. The molecule has 0 amide bonds. The van der Waals surface area contributed by atoms with Crippen LogP contribution in [0.5, 0.6) is 0 Å². The van der Waals surface area contributed by atoms with Crippen molar-refractivity contribution < 1.29 is 14.3 Å². The predicted octanol–water partition coefficient (Wildman–Crippen LogP) is 4.44. The van der Waals surface area contributed by atoms with E-state index in [4.69, 9.17) is 5.11 Å². The molecule has 0 aliphatic rings. The van der Waals surface area contributed by atoms with Gasteiger partial charge in [-0.3, -0.25) is 0 Å². The number of hydrogen-bond donors (Lipinski definition) is 1. The summed E-state index contributed by atoms with van der Waals surface area (Å²) in [6, 6.07) is 10.9. The van der Waals surface area contributed by atoms with Gasteiger partial charge in [0.15, 0.2) is 0 Å². The Hall–Kier alpha value is -1.33. The van der Waals surface area contributed by atoms with Crippen molar-refractivity contribution in [3.8, 4) is 0 Å². The van der Waals surface area contributed by atoms with Crippen LogP contribution in [0.1, 0.15) is 10.4 Å². The van der Waals surface area contributed by atoms with E-state index < -0.39 is 5.97 Å². The summed E-state index contributed by atoms with van der Waals surface area (Å²) in [6.45, 7) is 0. The van der Waals surface area contributed by atoms with Crippen LogP contribution in [-0.2, 0) is 0 Å². The van der Waals surface area contributed by atoms with Gasteiger partial charge >= 0.3 is 5.97 Å². The quantitative estimate of drug-likeness (QED) is 0.906. The number of carboxylic acid groups (broad SMARTS) is 1. The lowest BCUT2D eigenvalue weighted by atomic mass is 10.2. The average molecular weight is 327 g/mol. The molecule has 0 atom stereocenters. The molecule has 2 aromatic rings. The molecule has 2 aromatic carbocycles. The smallest absolute Gasteiger partial charge is 0.336 e. The number of aromatic carboxylic acids is 1. The molecular formula is C13H8BrFO2S. The van der Waals surface area contributed by atoms with E-state index in [2.05, 4.69) is 15.9 Å². The van der Waals surface area contributed by atoms with Crippen LogP contribution in [-0.4, -0.2) is 11.1 Å². The van der Waals surface area contributed by atoms with Crippen molar-refractivity contribution in [2.24, 2.45) is 0 Å². The van der Waals surface area contributed by atoms with Crippen LogP contribution < -0.4 is 0 Å². The van der Waals surface area contributed by atoms with Gasteiger partial charge in [-0.25, -0.2) is 9.18 Å². The van der Waals surface area contributed by atoms with Crippen molar-refractivity contribution in [1.29, 1.82) is 0 Å². The van der Waals surface area contributed by atoms with Crippen LogP contribution in [0.25, 0.3) is 0 Å². The third-order valence-corrected chi connectivity index (χ3v) is 3.74. The number of carboxylic acids is 1. The zero-order valence-corrected chi connectivity index (χ0v) is 11.5. The van der Waals surface area contributed by atoms with E-state index in [1.807, 2.05) is 0 Å². The van der Waals surface area contributed by atoms with E-state index in [1.54, 1.807) is 24.3 Å². The molecule has 0 spiro atoms. The van der Waals surface area contributed by atoms with E-state index in [1.165, 1.54) is 30.0 Å². The SMILES string of the molecule is O=C(O)c1ccc(Br)cc1Sc1cccc(F)c1. The Morgan fingerprint density at radius 2 is 2.00 bits per heavy atom. The van der Waals surface area contributed by atoms with Crippen molar-refractivity contribution in [2.75, 3.05) is 0 Å². The van der Waals surface area contributed by atoms with Crippen molar-refractivity contribution in [3.63, 3.8) is 0 Å². The highest BCUT2D eigenvalue weighted by molar-refractivity contribution is 9.10. The van der Waals surface area contributed by atoms with Gasteiger partial charge in [0.1, 0.15) is 5.82 Å².